The quantitative estimate of drug-likeness (QED) is 0.120. The number of benzene rings is 8. The molecule has 0 aliphatic heterocycles. The number of ether oxygens (including phenoxy) is 2. The Morgan fingerprint density at radius 3 is 1.10 bits per heavy atom. The van der Waals surface area contributed by atoms with E-state index in [4.69, 9.17) is 9.47 Å². The van der Waals surface area contributed by atoms with E-state index in [0.717, 1.165) is 132 Å². The van der Waals surface area contributed by atoms with Crippen LogP contribution in [0.2, 0.25) is 0 Å². The Hall–Kier alpha value is -7.44. The molecule has 2 atom stereocenters. The van der Waals surface area contributed by atoms with Crippen molar-refractivity contribution in [2.75, 3.05) is 0 Å². The summed E-state index contributed by atoms with van der Waals surface area (Å²) in [6, 6.07) is 58.9. The molecule has 0 amide bonds. The highest BCUT2D eigenvalue weighted by Gasteiger charge is 2.35. The van der Waals surface area contributed by atoms with E-state index in [2.05, 4.69) is 193 Å². The summed E-state index contributed by atoms with van der Waals surface area (Å²) in [6.07, 6.45) is 13.4. The minimum Gasteiger partial charge on any atom is -0.505 e. The van der Waals surface area contributed by atoms with Gasteiger partial charge in [-0.2, -0.15) is 0 Å². The largest absolute Gasteiger partial charge is 0.505 e. The van der Waals surface area contributed by atoms with E-state index < -0.39 is 0 Å². The van der Waals surface area contributed by atoms with Crippen molar-refractivity contribution in [3.63, 3.8) is 0 Å². The number of aryl methyl sites for hydroxylation is 2. The Kier molecular flexibility index (Phi) is 12.5. The predicted molar refractivity (Wildman–Crippen MR) is 296 cm³/mol. The number of phenolic OH excluding ortho intramolecular Hbond substituents is 2. The molecular weight excluding hydrogens is 885 g/mol. The van der Waals surface area contributed by atoms with Crippen LogP contribution in [0, 0.1) is 25.7 Å². The molecule has 2 N–H and O–H groups in total. The number of nitrogens with zero attached hydrogens (tertiary/aromatic N) is 2. The molecule has 0 spiro atoms. The molecule has 2 aliphatic rings. The molecule has 2 saturated carbocycles. The van der Waals surface area contributed by atoms with Gasteiger partial charge in [0, 0.05) is 50.2 Å². The van der Waals surface area contributed by atoms with Gasteiger partial charge in [0.05, 0.1) is 33.4 Å². The van der Waals surface area contributed by atoms with Gasteiger partial charge in [-0.3, -0.25) is 0 Å². The number of rotatable bonds is 12. The minimum absolute atomic E-state index is 0.120. The molecule has 0 radical (unpaired) electrons. The van der Waals surface area contributed by atoms with Crippen molar-refractivity contribution < 1.29 is 19.7 Å². The molecule has 362 valence electrons. The highest BCUT2D eigenvalue weighted by atomic mass is 16.5. The first-order chi connectivity index (χ1) is 35.4. The third-order valence-electron chi connectivity index (χ3n) is 16.1. The number of para-hydroxylation sites is 6. The van der Waals surface area contributed by atoms with Gasteiger partial charge in [-0.05, 0) is 123 Å². The molecule has 6 heteroatoms. The topological polar surface area (TPSA) is 68.8 Å². The van der Waals surface area contributed by atoms with Crippen LogP contribution in [0.15, 0.2) is 170 Å². The molecule has 0 bridgehead atoms. The maximum atomic E-state index is 12.6. The average Bonchev–Trinajstić information content (AvgIpc) is 3.78. The number of aromatic hydroxyl groups is 2. The Morgan fingerprint density at radius 1 is 0.403 bits per heavy atom. The van der Waals surface area contributed by atoms with Crippen molar-refractivity contribution in [2.24, 2.45) is 11.8 Å². The first-order valence-electron chi connectivity index (χ1n) is 26.6. The molecular formula is C66H64N2O4. The van der Waals surface area contributed by atoms with E-state index >= 15 is 0 Å². The normalized spacial score (nSPS) is 15.8. The molecule has 2 heterocycles. The van der Waals surface area contributed by atoms with Gasteiger partial charge in [0.1, 0.15) is 35.2 Å². The standard InChI is InChI=1S/C66H64N2O4/c1-43-38-53(65(69)59(40-43)67-55-32-16-10-26-47(55)48-27-11-17-33-56(48)67)51-30-14-20-36-61(51)71-63(45-22-6-3-4-7-23-45)42-64(46-24-8-5-9-25-46)72-62-37-21-15-31-52(62)54-39-44(2)41-60(66(54)70)68-57-34-18-12-28-49(57)50-29-13-19-35-58(50)68/h10-21,26-41,45-46,63-64,69-70H,3-9,22-25,42H2,1-2H3/t63-,64?/m0/s1. The number of aromatic nitrogens is 2. The van der Waals surface area contributed by atoms with E-state index in [1.165, 1.54) is 44.9 Å². The Labute approximate surface area is 423 Å². The fraction of sp³-hybridized carbons (Fsp3) is 0.273. The number of fused-ring (bicyclic) bond motifs is 6. The van der Waals surface area contributed by atoms with Gasteiger partial charge < -0.3 is 28.8 Å². The Morgan fingerprint density at radius 2 is 0.722 bits per heavy atom. The third-order valence-corrected chi connectivity index (χ3v) is 16.1. The van der Waals surface area contributed by atoms with Gasteiger partial charge in [-0.15, -0.1) is 0 Å². The summed E-state index contributed by atoms with van der Waals surface area (Å²) in [7, 11) is 0. The zero-order chi connectivity index (χ0) is 48.7. The summed E-state index contributed by atoms with van der Waals surface area (Å²) < 4.78 is 19.5. The maximum absolute atomic E-state index is 12.6. The van der Waals surface area contributed by atoms with E-state index in [0.29, 0.717) is 11.8 Å². The smallest absolute Gasteiger partial charge is 0.147 e. The van der Waals surface area contributed by atoms with Crippen molar-refractivity contribution in [3.05, 3.63) is 181 Å². The van der Waals surface area contributed by atoms with Crippen molar-refractivity contribution in [1.82, 2.24) is 9.13 Å². The molecule has 6 nitrogen and oxygen atoms in total. The molecule has 8 aromatic carbocycles. The lowest BCUT2D eigenvalue weighted by atomic mass is 9.80. The Bertz CT molecular complexity index is 3480. The second kappa shape index (κ2) is 19.6. The third kappa shape index (κ3) is 8.44. The summed E-state index contributed by atoms with van der Waals surface area (Å²) in [6.45, 7) is 4.23. The maximum Gasteiger partial charge on any atom is 0.147 e. The van der Waals surface area contributed by atoms with Gasteiger partial charge in [-0.1, -0.05) is 154 Å². The SMILES string of the molecule is Cc1cc(-c2ccccc2OC(C[C@H](Oc2ccccc2-c2cc(C)cc(-n3c4ccccc4c4ccccc43)c2O)C2CCCCCC2)C2CCCCC2)c(O)c(-n2c3ccccc3c3ccccc32)c1. The van der Waals surface area contributed by atoms with Crippen LogP contribution in [0.25, 0.3) is 77.2 Å². The van der Waals surface area contributed by atoms with Crippen molar-refractivity contribution in [2.45, 2.75) is 103 Å². The van der Waals surface area contributed by atoms with E-state index in [-0.39, 0.29) is 23.7 Å². The van der Waals surface area contributed by atoms with Crippen LogP contribution < -0.4 is 9.47 Å². The second-order valence-electron chi connectivity index (χ2n) is 20.8. The molecule has 2 fully saturated rings. The van der Waals surface area contributed by atoms with Gasteiger partial charge in [0.25, 0.3) is 0 Å². The fourth-order valence-electron chi connectivity index (χ4n) is 12.6. The van der Waals surface area contributed by atoms with E-state index in [1.54, 1.807) is 0 Å². The average molecular weight is 949 g/mol. The highest BCUT2D eigenvalue weighted by molar-refractivity contribution is 6.10. The van der Waals surface area contributed by atoms with Crippen molar-refractivity contribution in [3.8, 4) is 56.6 Å². The van der Waals surface area contributed by atoms with E-state index in [1.807, 2.05) is 0 Å². The summed E-state index contributed by atoms with van der Waals surface area (Å²) in [5, 5.41) is 29.8. The lowest BCUT2D eigenvalue weighted by molar-refractivity contribution is 0.0307. The van der Waals surface area contributed by atoms with E-state index in [9.17, 15) is 10.2 Å². The molecule has 1 unspecified atom stereocenters. The van der Waals surface area contributed by atoms with Crippen LogP contribution in [-0.2, 0) is 0 Å². The fourth-order valence-corrected chi connectivity index (χ4v) is 12.6. The van der Waals surface area contributed by atoms with Gasteiger partial charge in [-0.25, -0.2) is 0 Å². The van der Waals surface area contributed by atoms with Crippen LogP contribution >= 0.6 is 0 Å². The first kappa shape index (κ1) is 45.7. The number of hydrogen-bond acceptors (Lipinski definition) is 4. The van der Waals surface area contributed by atoms with Crippen LogP contribution in [0.1, 0.15) is 88.2 Å². The van der Waals surface area contributed by atoms with Crippen LogP contribution in [0.5, 0.6) is 23.0 Å². The summed E-state index contributed by atoms with van der Waals surface area (Å²) in [4.78, 5) is 0. The molecule has 2 aromatic heterocycles. The number of hydrogen-bond donors (Lipinski definition) is 2. The first-order valence-corrected chi connectivity index (χ1v) is 26.6. The van der Waals surface area contributed by atoms with Gasteiger partial charge >= 0.3 is 0 Å². The van der Waals surface area contributed by atoms with Crippen molar-refractivity contribution in [1.29, 1.82) is 0 Å². The summed E-state index contributed by atoms with van der Waals surface area (Å²) >= 11 is 0. The zero-order valence-electron chi connectivity index (χ0n) is 41.6. The molecule has 0 saturated heterocycles. The second-order valence-corrected chi connectivity index (χ2v) is 20.8. The van der Waals surface area contributed by atoms with Gasteiger partial charge in [0.15, 0.2) is 0 Å². The van der Waals surface area contributed by atoms with Gasteiger partial charge in [0.2, 0.25) is 0 Å². The monoisotopic (exact) mass is 948 g/mol. The lowest BCUT2D eigenvalue weighted by Crippen LogP contribution is -2.38. The molecule has 12 rings (SSSR count). The van der Waals surface area contributed by atoms with Crippen LogP contribution in [0.4, 0.5) is 0 Å². The minimum atomic E-state index is -0.124. The predicted octanol–water partition coefficient (Wildman–Crippen LogP) is 17.4. The highest BCUT2D eigenvalue weighted by Crippen LogP contribution is 2.47. The summed E-state index contributed by atoms with van der Waals surface area (Å²) in [5.41, 5.74) is 11.1. The molecule has 72 heavy (non-hydrogen) atoms. The summed E-state index contributed by atoms with van der Waals surface area (Å²) in [5.74, 6) is 2.73. The zero-order valence-corrected chi connectivity index (χ0v) is 41.6. The van der Waals surface area contributed by atoms with Crippen LogP contribution in [-0.4, -0.2) is 31.6 Å². The molecule has 2 aliphatic carbocycles. The van der Waals surface area contributed by atoms with Crippen LogP contribution in [0.3, 0.4) is 0 Å². The lowest BCUT2D eigenvalue weighted by Gasteiger charge is -2.36. The molecule has 10 aromatic rings. The van der Waals surface area contributed by atoms with Crippen molar-refractivity contribution >= 4 is 43.6 Å². The Balaban J connectivity index is 0.929. The number of phenols is 2.